The van der Waals surface area contributed by atoms with E-state index in [1.165, 1.54) is 17.6 Å². The quantitative estimate of drug-likeness (QED) is 0.717. The van der Waals surface area contributed by atoms with Crippen molar-refractivity contribution >= 4 is 5.57 Å². The molecule has 0 saturated carbocycles. The molecule has 0 bridgehead atoms. The maximum atomic E-state index is 10.9. The summed E-state index contributed by atoms with van der Waals surface area (Å²) in [7, 11) is 0. The van der Waals surface area contributed by atoms with E-state index in [9.17, 15) is 4.79 Å². The summed E-state index contributed by atoms with van der Waals surface area (Å²) in [5, 5.41) is 3.32. The van der Waals surface area contributed by atoms with E-state index in [0.29, 0.717) is 5.41 Å². The van der Waals surface area contributed by atoms with Gasteiger partial charge in [-0.2, -0.15) is 0 Å². The molecule has 2 N–H and O–H groups in total. The highest BCUT2D eigenvalue weighted by Crippen LogP contribution is 2.42. The first-order chi connectivity index (χ1) is 7.27. The lowest BCUT2D eigenvalue weighted by molar-refractivity contribution is 0.236. The topological polar surface area (TPSA) is 44.9 Å². The molecule has 0 amide bonds. The van der Waals surface area contributed by atoms with E-state index in [1.54, 1.807) is 6.07 Å². The van der Waals surface area contributed by atoms with Gasteiger partial charge in [0.1, 0.15) is 0 Å². The van der Waals surface area contributed by atoms with Crippen LogP contribution in [-0.2, 0) is 0 Å². The summed E-state index contributed by atoms with van der Waals surface area (Å²) in [6, 6.07) is 3.51. The largest absolute Gasteiger partial charge is 0.329 e. The first kappa shape index (κ1) is 8.92. The first-order valence-corrected chi connectivity index (χ1v) is 5.39. The van der Waals surface area contributed by atoms with Gasteiger partial charge in [0, 0.05) is 30.8 Å². The molecule has 1 saturated heterocycles. The van der Waals surface area contributed by atoms with Crippen molar-refractivity contribution in [2.45, 2.75) is 12.8 Å². The maximum Gasteiger partial charge on any atom is 0.247 e. The van der Waals surface area contributed by atoms with Crippen molar-refractivity contribution in [1.29, 1.82) is 0 Å². The fraction of sp³-hybridized carbons (Fsp3) is 0.417. The van der Waals surface area contributed by atoms with Crippen LogP contribution in [0.4, 0.5) is 0 Å². The molecule has 1 aromatic rings. The molecule has 3 heteroatoms. The minimum absolute atomic E-state index is 0.0302. The molecule has 0 atom stereocenters. The lowest BCUT2D eigenvalue weighted by Crippen LogP contribution is -2.50. The van der Waals surface area contributed by atoms with Crippen LogP contribution in [-0.4, -0.2) is 18.1 Å². The molecule has 1 aliphatic carbocycles. The van der Waals surface area contributed by atoms with E-state index >= 15 is 0 Å². The Bertz CT molecular complexity index is 448. The van der Waals surface area contributed by atoms with Crippen molar-refractivity contribution in [2.24, 2.45) is 5.41 Å². The van der Waals surface area contributed by atoms with Crippen molar-refractivity contribution in [1.82, 2.24) is 10.3 Å². The third-order valence-corrected chi connectivity index (χ3v) is 3.48. The zero-order valence-electron chi connectivity index (χ0n) is 8.55. The zero-order valence-corrected chi connectivity index (χ0v) is 8.55. The third-order valence-electron chi connectivity index (χ3n) is 3.48. The summed E-state index contributed by atoms with van der Waals surface area (Å²) in [4.78, 5) is 13.7. The van der Waals surface area contributed by atoms with Gasteiger partial charge in [0.15, 0.2) is 0 Å². The smallest absolute Gasteiger partial charge is 0.247 e. The Hall–Kier alpha value is -1.35. The van der Waals surface area contributed by atoms with E-state index in [0.717, 1.165) is 19.5 Å². The summed E-state index contributed by atoms with van der Waals surface area (Å²) in [6.07, 6.45) is 6.58. The van der Waals surface area contributed by atoms with Gasteiger partial charge < -0.3 is 10.3 Å². The van der Waals surface area contributed by atoms with Crippen LogP contribution in [0.2, 0.25) is 0 Å². The molecular weight excluding hydrogens is 188 g/mol. The van der Waals surface area contributed by atoms with Crippen molar-refractivity contribution in [3.63, 3.8) is 0 Å². The number of H-pyrrole nitrogens is 1. The predicted molar refractivity (Wildman–Crippen MR) is 59.6 cm³/mol. The standard InChI is InChI=1S/C12H14N2O/c15-11-2-1-10(6-14-11)9-3-4-12(5-9)7-13-8-12/h1-2,5-6,13H,3-4,7-8H2,(H,14,15). The first-order valence-electron chi connectivity index (χ1n) is 5.39. The van der Waals surface area contributed by atoms with Crippen molar-refractivity contribution in [2.75, 3.05) is 13.1 Å². The van der Waals surface area contributed by atoms with E-state index in [-0.39, 0.29) is 5.56 Å². The molecule has 1 aliphatic heterocycles. The summed E-state index contributed by atoms with van der Waals surface area (Å²) in [5.41, 5.74) is 2.94. The van der Waals surface area contributed by atoms with Crippen LogP contribution in [0.15, 0.2) is 29.2 Å². The Morgan fingerprint density at radius 1 is 1.27 bits per heavy atom. The number of allylic oxidation sites excluding steroid dienone is 1. The molecule has 0 aromatic carbocycles. The van der Waals surface area contributed by atoms with Crippen LogP contribution in [0.5, 0.6) is 0 Å². The van der Waals surface area contributed by atoms with Crippen LogP contribution in [0.3, 0.4) is 0 Å². The molecule has 1 aromatic heterocycles. The molecule has 1 fully saturated rings. The highest BCUT2D eigenvalue weighted by Gasteiger charge is 2.38. The van der Waals surface area contributed by atoms with Gasteiger partial charge in [-0.3, -0.25) is 4.79 Å². The number of hydrogen-bond acceptors (Lipinski definition) is 2. The van der Waals surface area contributed by atoms with Crippen LogP contribution >= 0.6 is 0 Å². The van der Waals surface area contributed by atoms with Gasteiger partial charge in [0.2, 0.25) is 5.56 Å². The Morgan fingerprint density at radius 3 is 2.67 bits per heavy atom. The monoisotopic (exact) mass is 202 g/mol. The Kier molecular flexibility index (Phi) is 1.83. The molecule has 0 unspecified atom stereocenters. The van der Waals surface area contributed by atoms with Gasteiger partial charge in [0.25, 0.3) is 0 Å². The van der Waals surface area contributed by atoms with E-state index in [2.05, 4.69) is 16.4 Å². The van der Waals surface area contributed by atoms with Crippen LogP contribution in [0.25, 0.3) is 5.57 Å². The van der Waals surface area contributed by atoms with Gasteiger partial charge in [-0.05, 0) is 30.0 Å². The van der Waals surface area contributed by atoms with E-state index in [4.69, 9.17) is 0 Å². The highest BCUT2D eigenvalue weighted by atomic mass is 16.1. The number of aromatic nitrogens is 1. The number of aromatic amines is 1. The molecule has 78 valence electrons. The van der Waals surface area contributed by atoms with Crippen LogP contribution < -0.4 is 10.9 Å². The third kappa shape index (κ3) is 1.43. The minimum Gasteiger partial charge on any atom is -0.329 e. The lowest BCUT2D eigenvalue weighted by atomic mass is 9.82. The van der Waals surface area contributed by atoms with Gasteiger partial charge in [0.05, 0.1) is 0 Å². The van der Waals surface area contributed by atoms with Gasteiger partial charge in [-0.15, -0.1) is 0 Å². The number of nitrogens with one attached hydrogen (secondary N) is 2. The van der Waals surface area contributed by atoms with E-state index in [1.807, 2.05) is 12.3 Å². The Labute approximate surface area is 88.2 Å². The Balaban J connectivity index is 1.92. The molecule has 3 nitrogen and oxygen atoms in total. The second-order valence-corrected chi connectivity index (χ2v) is 4.58. The fourth-order valence-corrected chi connectivity index (χ4v) is 2.46. The average Bonchev–Trinajstić information content (AvgIpc) is 2.63. The molecule has 2 aliphatic rings. The van der Waals surface area contributed by atoms with Crippen molar-refractivity contribution < 1.29 is 0 Å². The van der Waals surface area contributed by atoms with Crippen molar-refractivity contribution in [3.8, 4) is 0 Å². The van der Waals surface area contributed by atoms with Crippen molar-refractivity contribution in [3.05, 3.63) is 40.3 Å². The highest BCUT2D eigenvalue weighted by molar-refractivity contribution is 5.68. The van der Waals surface area contributed by atoms with Gasteiger partial charge in [-0.25, -0.2) is 0 Å². The average molecular weight is 202 g/mol. The molecule has 2 heterocycles. The minimum atomic E-state index is -0.0302. The summed E-state index contributed by atoms with van der Waals surface area (Å²) in [5.74, 6) is 0. The Morgan fingerprint density at radius 2 is 2.13 bits per heavy atom. The molecule has 0 radical (unpaired) electrons. The number of hydrogen-bond donors (Lipinski definition) is 2. The molecule has 15 heavy (non-hydrogen) atoms. The van der Waals surface area contributed by atoms with Gasteiger partial charge in [-0.1, -0.05) is 6.08 Å². The predicted octanol–water partition coefficient (Wildman–Crippen LogP) is 1.14. The fourth-order valence-electron chi connectivity index (χ4n) is 2.46. The molecule has 1 spiro atoms. The maximum absolute atomic E-state index is 10.9. The normalized spacial score (nSPS) is 22.5. The number of pyridine rings is 1. The molecular formula is C12H14N2O. The second kappa shape index (κ2) is 3.07. The van der Waals surface area contributed by atoms with Crippen LogP contribution in [0, 0.1) is 5.41 Å². The summed E-state index contributed by atoms with van der Waals surface area (Å²) in [6.45, 7) is 2.22. The van der Waals surface area contributed by atoms with E-state index < -0.39 is 0 Å². The SMILES string of the molecule is O=c1ccc(C2=CC3(CC2)CNC3)c[nH]1. The lowest BCUT2D eigenvalue weighted by Gasteiger charge is -2.37. The number of rotatable bonds is 1. The summed E-state index contributed by atoms with van der Waals surface area (Å²) >= 11 is 0. The van der Waals surface area contributed by atoms with Gasteiger partial charge >= 0.3 is 0 Å². The molecule has 3 rings (SSSR count). The second-order valence-electron chi connectivity index (χ2n) is 4.58. The summed E-state index contributed by atoms with van der Waals surface area (Å²) < 4.78 is 0. The zero-order chi connectivity index (χ0) is 10.3. The van der Waals surface area contributed by atoms with Crippen LogP contribution in [0.1, 0.15) is 18.4 Å².